The molecule has 0 heterocycles. The van der Waals surface area contributed by atoms with E-state index in [1.54, 1.807) is 7.11 Å². The van der Waals surface area contributed by atoms with Crippen molar-refractivity contribution in [2.45, 2.75) is 44.6 Å². The summed E-state index contributed by atoms with van der Waals surface area (Å²) in [5.74, 6) is 1.48. The van der Waals surface area contributed by atoms with E-state index >= 15 is 0 Å². The summed E-state index contributed by atoms with van der Waals surface area (Å²) >= 11 is 0. The Balaban J connectivity index is 2.04. The third kappa shape index (κ3) is 1.50. The topological polar surface area (TPSA) is 29.5 Å². The second kappa shape index (κ2) is 3.74. The summed E-state index contributed by atoms with van der Waals surface area (Å²) in [6, 6.07) is 6.42. The van der Waals surface area contributed by atoms with Gasteiger partial charge in [-0.3, -0.25) is 0 Å². The van der Waals surface area contributed by atoms with Crippen molar-refractivity contribution in [1.82, 2.24) is 0 Å². The summed E-state index contributed by atoms with van der Waals surface area (Å²) in [7, 11) is 1.72. The van der Waals surface area contributed by atoms with Crippen LogP contribution in [0.1, 0.15) is 43.2 Å². The fourth-order valence-electron chi connectivity index (χ4n) is 3.74. The highest BCUT2D eigenvalue weighted by Crippen LogP contribution is 2.55. The minimum Gasteiger partial charge on any atom is -0.497 e. The Bertz CT molecular complexity index is 441. The summed E-state index contributed by atoms with van der Waals surface area (Å²) in [5, 5.41) is 10.2. The van der Waals surface area contributed by atoms with Crippen LogP contribution >= 0.6 is 0 Å². The van der Waals surface area contributed by atoms with E-state index < -0.39 is 0 Å². The van der Waals surface area contributed by atoms with Crippen LogP contribution in [0.3, 0.4) is 0 Å². The maximum atomic E-state index is 10.2. The van der Waals surface area contributed by atoms with Gasteiger partial charge in [-0.1, -0.05) is 13.0 Å². The zero-order valence-corrected chi connectivity index (χ0v) is 10.6. The number of hydrogen-bond donors (Lipinski definition) is 1. The van der Waals surface area contributed by atoms with E-state index in [9.17, 15) is 5.11 Å². The van der Waals surface area contributed by atoms with Crippen molar-refractivity contribution in [3.05, 3.63) is 29.3 Å². The van der Waals surface area contributed by atoms with Crippen LogP contribution in [-0.4, -0.2) is 18.3 Å². The van der Waals surface area contributed by atoms with Gasteiger partial charge in [0.25, 0.3) is 0 Å². The largest absolute Gasteiger partial charge is 0.497 e. The monoisotopic (exact) mass is 232 g/mol. The third-order valence-electron chi connectivity index (χ3n) is 4.94. The molecule has 0 unspecified atom stereocenters. The molecular formula is C15H20O2. The van der Waals surface area contributed by atoms with Crippen molar-refractivity contribution in [3.8, 4) is 5.75 Å². The smallest absolute Gasteiger partial charge is 0.119 e. The number of hydrogen-bond acceptors (Lipinski definition) is 2. The van der Waals surface area contributed by atoms with Gasteiger partial charge >= 0.3 is 0 Å². The van der Waals surface area contributed by atoms with E-state index in [2.05, 4.69) is 25.1 Å². The van der Waals surface area contributed by atoms with Gasteiger partial charge in [-0.25, -0.2) is 0 Å². The molecule has 2 aliphatic rings. The predicted octanol–water partition coefficient (Wildman–Crippen LogP) is 2.89. The van der Waals surface area contributed by atoms with Gasteiger partial charge in [0.1, 0.15) is 5.75 Å². The minimum atomic E-state index is -0.122. The molecule has 2 nitrogen and oxygen atoms in total. The molecule has 1 aromatic rings. The van der Waals surface area contributed by atoms with Crippen molar-refractivity contribution in [3.63, 3.8) is 0 Å². The van der Waals surface area contributed by atoms with Crippen molar-refractivity contribution in [2.24, 2.45) is 5.41 Å². The molecule has 1 N–H and O–H groups in total. The summed E-state index contributed by atoms with van der Waals surface area (Å²) < 4.78 is 5.29. The third-order valence-corrected chi connectivity index (χ3v) is 4.94. The zero-order valence-electron chi connectivity index (χ0n) is 10.6. The standard InChI is InChI=1S/C15H20O2/c1-15-8-7-10-9-11(17-2)3-4-12(10)13(15)5-6-14(15)16/h3-4,9,13-14,16H,5-8H2,1-2H3/t13-,14+,15+/m0/s1. The van der Waals surface area contributed by atoms with Gasteiger partial charge in [0, 0.05) is 5.41 Å². The van der Waals surface area contributed by atoms with E-state index in [-0.39, 0.29) is 11.5 Å². The van der Waals surface area contributed by atoms with Gasteiger partial charge in [0.2, 0.25) is 0 Å². The lowest BCUT2D eigenvalue weighted by Crippen LogP contribution is -2.35. The molecule has 17 heavy (non-hydrogen) atoms. The fraction of sp³-hybridized carbons (Fsp3) is 0.600. The number of benzene rings is 1. The van der Waals surface area contributed by atoms with Gasteiger partial charge in [0.15, 0.2) is 0 Å². The van der Waals surface area contributed by atoms with Crippen LogP contribution in [0.5, 0.6) is 5.75 Å². The fourth-order valence-corrected chi connectivity index (χ4v) is 3.74. The van der Waals surface area contributed by atoms with Crippen LogP contribution in [0.15, 0.2) is 18.2 Å². The molecular weight excluding hydrogens is 212 g/mol. The van der Waals surface area contributed by atoms with E-state index in [0.29, 0.717) is 5.92 Å². The highest BCUT2D eigenvalue weighted by molar-refractivity contribution is 5.41. The molecule has 2 aliphatic carbocycles. The first kappa shape index (κ1) is 11.1. The maximum absolute atomic E-state index is 10.2. The van der Waals surface area contributed by atoms with Crippen molar-refractivity contribution < 1.29 is 9.84 Å². The van der Waals surface area contributed by atoms with Crippen LogP contribution in [0.4, 0.5) is 0 Å². The number of ether oxygens (including phenoxy) is 1. The number of rotatable bonds is 1. The second-order valence-electron chi connectivity index (χ2n) is 5.72. The highest BCUT2D eigenvalue weighted by atomic mass is 16.5. The first-order valence-electron chi connectivity index (χ1n) is 6.50. The molecule has 3 rings (SSSR count). The number of aliphatic hydroxyl groups is 1. The summed E-state index contributed by atoms with van der Waals surface area (Å²) in [6.45, 7) is 2.25. The van der Waals surface area contributed by atoms with Crippen LogP contribution in [0.2, 0.25) is 0 Å². The molecule has 0 aromatic heterocycles. The molecule has 0 radical (unpaired) electrons. The second-order valence-corrected chi connectivity index (χ2v) is 5.72. The van der Waals surface area contributed by atoms with E-state index in [1.165, 1.54) is 11.1 Å². The first-order valence-corrected chi connectivity index (χ1v) is 6.50. The predicted molar refractivity (Wildman–Crippen MR) is 67.4 cm³/mol. The Labute approximate surface area is 103 Å². The quantitative estimate of drug-likeness (QED) is 0.806. The highest BCUT2D eigenvalue weighted by Gasteiger charge is 2.48. The normalized spacial score (nSPS) is 35.2. The van der Waals surface area contributed by atoms with Crippen LogP contribution in [-0.2, 0) is 6.42 Å². The summed E-state index contributed by atoms with van der Waals surface area (Å²) in [6.07, 6.45) is 4.11. The summed E-state index contributed by atoms with van der Waals surface area (Å²) in [5.41, 5.74) is 2.96. The molecule has 1 saturated carbocycles. The molecule has 0 amide bonds. The number of aryl methyl sites for hydroxylation is 1. The van der Waals surface area contributed by atoms with Crippen LogP contribution in [0.25, 0.3) is 0 Å². The summed E-state index contributed by atoms with van der Waals surface area (Å²) in [4.78, 5) is 0. The lowest BCUT2D eigenvalue weighted by atomic mass is 9.66. The average molecular weight is 232 g/mol. The lowest BCUT2D eigenvalue weighted by Gasteiger charge is -2.40. The van der Waals surface area contributed by atoms with Crippen molar-refractivity contribution in [1.29, 1.82) is 0 Å². The van der Waals surface area contributed by atoms with Gasteiger partial charge in [-0.05, 0) is 54.9 Å². The number of fused-ring (bicyclic) bond motifs is 3. The van der Waals surface area contributed by atoms with E-state index in [4.69, 9.17) is 4.74 Å². The van der Waals surface area contributed by atoms with Crippen molar-refractivity contribution in [2.75, 3.05) is 7.11 Å². The van der Waals surface area contributed by atoms with Crippen LogP contribution in [0, 0.1) is 5.41 Å². The lowest BCUT2D eigenvalue weighted by molar-refractivity contribution is 0.0457. The van der Waals surface area contributed by atoms with Gasteiger partial charge in [0.05, 0.1) is 13.2 Å². The molecule has 1 aromatic carbocycles. The molecule has 2 heteroatoms. The maximum Gasteiger partial charge on any atom is 0.119 e. The average Bonchev–Trinajstić information content (AvgIpc) is 2.65. The molecule has 1 fully saturated rings. The molecule has 92 valence electrons. The van der Waals surface area contributed by atoms with Gasteiger partial charge in [-0.15, -0.1) is 0 Å². The van der Waals surface area contributed by atoms with Crippen LogP contribution < -0.4 is 4.74 Å². The molecule has 0 aliphatic heterocycles. The van der Waals surface area contributed by atoms with E-state index in [1.807, 2.05) is 0 Å². The minimum absolute atomic E-state index is 0.0988. The number of aliphatic hydroxyl groups excluding tert-OH is 1. The molecule has 0 bridgehead atoms. The Morgan fingerprint density at radius 2 is 2.18 bits per heavy atom. The SMILES string of the molecule is COc1ccc2c(c1)CC[C@@]1(C)[C@H](O)CC[C@@H]21. The molecule has 0 saturated heterocycles. The number of methoxy groups -OCH3 is 1. The molecule has 3 atom stereocenters. The van der Waals surface area contributed by atoms with Gasteiger partial charge in [-0.2, -0.15) is 0 Å². The molecule has 0 spiro atoms. The van der Waals surface area contributed by atoms with E-state index in [0.717, 1.165) is 31.4 Å². The Morgan fingerprint density at radius 3 is 2.94 bits per heavy atom. The Kier molecular flexibility index (Phi) is 2.44. The van der Waals surface area contributed by atoms with Gasteiger partial charge < -0.3 is 9.84 Å². The van der Waals surface area contributed by atoms with Crippen molar-refractivity contribution >= 4 is 0 Å². The first-order chi connectivity index (χ1) is 8.15. The zero-order chi connectivity index (χ0) is 12.0. The Hall–Kier alpha value is -1.02. The Morgan fingerprint density at radius 1 is 1.35 bits per heavy atom.